The number of rotatable bonds is 3. The Morgan fingerprint density at radius 2 is 2.42 bits per heavy atom. The van der Waals surface area contributed by atoms with Crippen LogP contribution in [0, 0.1) is 6.92 Å². The lowest BCUT2D eigenvalue weighted by atomic mass is 10.2. The molecule has 0 aromatic carbocycles. The van der Waals surface area contributed by atoms with Crippen LogP contribution < -0.4 is 5.73 Å². The van der Waals surface area contributed by atoms with Crippen LogP contribution in [0.15, 0.2) is 6.07 Å². The number of aryl methyl sites for hydroxylation is 2. The quantitative estimate of drug-likeness (QED) is 0.646. The molecule has 0 radical (unpaired) electrons. The Hall–Kier alpha value is -0.870. The van der Waals surface area contributed by atoms with E-state index < -0.39 is 0 Å². The summed E-state index contributed by atoms with van der Waals surface area (Å²) in [6.45, 7) is 1.96. The van der Waals surface area contributed by atoms with Gasteiger partial charge in [-0.05, 0) is 13.0 Å². The zero-order valence-corrected chi connectivity index (χ0v) is 7.49. The van der Waals surface area contributed by atoms with Crippen molar-refractivity contribution in [3.63, 3.8) is 0 Å². The number of aromatic nitrogens is 2. The van der Waals surface area contributed by atoms with E-state index in [1.807, 2.05) is 20.0 Å². The second kappa shape index (κ2) is 3.69. The maximum absolute atomic E-state index is 8.74. The maximum atomic E-state index is 8.74. The van der Waals surface area contributed by atoms with Gasteiger partial charge < -0.3 is 10.8 Å². The first-order valence-electron chi connectivity index (χ1n) is 3.99. The fourth-order valence-electron chi connectivity index (χ4n) is 1.19. The van der Waals surface area contributed by atoms with Crippen LogP contribution in [0.25, 0.3) is 0 Å². The summed E-state index contributed by atoms with van der Waals surface area (Å²) in [6.07, 6.45) is 0.674. The molecule has 1 heterocycles. The van der Waals surface area contributed by atoms with Gasteiger partial charge in [0.2, 0.25) is 0 Å². The minimum absolute atomic E-state index is 0.0181. The molecule has 0 fully saturated rings. The zero-order valence-electron chi connectivity index (χ0n) is 7.49. The van der Waals surface area contributed by atoms with Crippen LogP contribution in [0.5, 0.6) is 0 Å². The van der Waals surface area contributed by atoms with Crippen LogP contribution in [0.4, 0.5) is 0 Å². The zero-order chi connectivity index (χ0) is 9.14. The molecule has 4 nitrogen and oxygen atoms in total. The Bertz CT molecular complexity index is 257. The average Bonchev–Trinajstić information content (AvgIpc) is 2.30. The third-order valence-corrected chi connectivity index (χ3v) is 1.80. The molecule has 1 atom stereocenters. The standard InChI is InChI=1S/C8H15N3O/c1-6-3-8(11(2)10-6)4-7(9)5-12/h3,7,12H,4-5,9H2,1-2H3/t7-/m0/s1. The van der Waals surface area contributed by atoms with Crippen LogP contribution in [0.3, 0.4) is 0 Å². The molecular weight excluding hydrogens is 154 g/mol. The van der Waals surface area contributed by atoms with E-state index in [9.17, 15) is 0 Å². The normalized spacial score (nSPS) is 13.3. The first-order chi connectivity index (χ1) is 5.63. The largest absolute Gasteiger partial charge is 0.395 e. The molecule has 0 amide bonds. The lowest BCUT2D eigenvalue weighted by molar-refractivity contribution is 0.264. The first-order valence-corrected chi connectivity index (χ1v) is 3.99. The Kier molecular flexibility index (Phi) is 2.83. The Morgan fingerprint density at radius 3 is 2.83 bits per heavy atom. The predicted octanol–water partition coefficient (Wildman–Crippen LogP) is -0.409. The molecule has 0 aliphatic heterocycles. The van der Waals surface area contributed by atoms with E-state index in [1.165, 1.54) is 0 Å². The fraction of sp³-hybridized carbons (Fsp3) is 0.625. The molecule has 0 saturated carbocycles. The van der Waals surface area contributed by atoms with Crippen molar-refractivity contribution in [1.29, 1.82) is 0 Å². The minimum atomic E-state index is -0.181. The summed E-state index contributed by atoms with van der Waals surface area (Å²) >= 11 is 0. The van der Waals surface area contributed by atoms with E-state index in [0.717, 1.165) is 11.4 Å². The van der Waals surface area contributed by atoms with Gasteiger partial charge in [0, 0.05) is 25.2 Å². The third kappa shape index (κ3) is 2.06. The van der Waals surface area contributed by atoms with Crippen molar-refractivity contribution in [2.45, 2.75) is 19.4 Å². The molecule has 0 aliphatic carbocycles. The molecule has 0 spiro atoms. The third-order valence-electron chi connectivity index (χ3n) is 1.80. The van der Waals surface area contributed by atoms with Crippen molar-refractivity contribution in [2.75, 3.05) is 6.61 Å². The number of hydrogen-bond acceptors (Lipinski definition) is 3. The van der Waals surface area contributed by atoms with E-state index in [1.54, 1.807) is 4.68 Å². The maximum Gasteiger partial charge on any atom is 0.0596 e. The molecule has 12 heavy (non-hydrogen) atoms. The molecule has 3 N–H and O–H groups in total. The van der Waals surface area contributed by atoms with E-state index in [0.29, 0.717) is 6.42 Å². The Balaban J connectivity index is 2.68. The van der Waals surface area contributed by atoms with Gasteiger partial charge in [-0.15, -0.1) is 0 Å². The highest BCUT2D eigenvalue weighted by molar-refractivity contribution is 5.09. The van der Waals surface area contributed by atoms with E-state index >= 15 is 0 Å². The molecule has 4 heteroatoms. The van der Waals surface area contributed by atoms with Crippen LogP contribution in [0.2, 0.25) is 0 Å². The van der Waals surface area contributed by atoms with Gasteiger partial charge in [-0.1, -0.05) is 0 Å². The van der Waals surface area contributed by atoms with Gasteiger partial charge in [-0.2, -0.15) is 5.10 Å². The summed E-state index contributed by atoms with van der Waals surface area (Å²) in [5.74, 6) is 0. The lowest BCUT2D eigenvalue weighted by Crippen LogP contribution is -2.27. The van der Waals surface area contributed by atoms with E-state index in [4.69, 9.17) is 10.8 Å². The average molecular weight is 169 g/mol. The molecule has 68 valence electrons. The molecule has 1 aromatic heterocycles. The SMILES string of the molecule is Cc1cc(C[C@H](N)CO)n(C)n1. The highest BCUT2D eigenvalue weighted by atomic mass is 16.3. The molecule has 1 rings (SSSR count). The minimum Gasteiger partial charge on any atom is -0.395 e. The van der Waals surface area contributed by atoms with Crippen molar-refractivity contribution in [1.82, 2.24) is 9.78 Å². The summed E-state index contributed by atoms with van der Waals surface area (Å²) in [4.78, 5) is 0. The van der Waals surface area contributed by atoms with Crippen molar-refractivity contribution < 1.29 is 5.11 Å². The molecule has 1 aromatic rings. The van der Waals surface area contributed by atoms with E-state index in [-0.39, 0.29) is 12.6 Å². The highest BCUT2D eigenvalue weighted by Gasteiger charge is 2.06. The highest BCUT2D eigenvalue weighted by Crippen LogP contribution is 2.03. The Morgan fingerprint density at radius 1 is 1.75 bits per heavy atom. The van der Waals surface area contributed by atoms with Crippen LogP contribution in [-0.4, -0.2) is 27.5 Å². The summed E-state index contributed by atoms with van der Waals surface area (Å²) in [5.41, 5.74) is 7.64. The van der Waals surface area contributed by atoms with Gasteiger partial charge in [0.25, 0.3) is 0 Å². The van der Waals surface area contributed by atoms with Crippen molar-refractivity contribution in [2.24, 2.45) is 12.8 Å². The second-order valence-electron chi connectivity index (χ2n) is 3.05. The molecule has 0 saturated heterocycles. The smallest absolute Gasteiger partial charge is 0.0596 e. The molecular formula is C8H15N3O. The topological polar surface area (TPSA) is 64.1 Å². The summed E-state index contributed by atoms with van der Waals surface area (Å²) in [5, 5.41) is 12.9. The van der Waals surface area contributed by atoms with Crippen molar-refractivity contribution >= 4 is 0 Å². The number of nitrogens with two attached hydrogens (primary N) is 1. The number of aliphatic hydroxyl groups excluding tert-OH is 1. The van der Waals surface area contributed by atoms with Crippen molar-refractivity contribution in [3.8, 4) is 0 Å². The predicted molar refractivity (Wildman–Crippen MR) is 46.7 cm³/mol. The first kappa shape index (κ1) is 9.22. The van der Waals surface area contributed by atoms with Crippen molar-refractivity contribution in [3.05, 3.63) is 17.5 Å². The van der Waals surface area contributed by atoms with Gasteiger partial charge in [-0.25, -0.2) is 0 Å². The summed E-state index contributed by atoms with van der Waals surface area (Å²) in [7, 11) is 1.88. The Labute approximate surface area is 72.0 Å². The number of nitrogens with zero attached hydrogens (tertiary/aromatic N) is 2. The van der Waals surface area contributed by atoms with Gasteiger partial charge in [0.15, 0.2) is 0 Å². The lowest BCUT2D eigenvalue weighted by Gasteiger charge is -2.06. The monoisotopic (exact) mass is 169 g/mol. The van der Waals surface area contributed by atoms with Gasteiger partial charge >= 0.3 is 0 Å². The summed E-state index contributed by atoms with van der Waals surface area (Å²) in [6, 6.07) is 1.80. The van der Waals surface area contributed by atoms with E-state index in [2.05, 4.69) is 5.10 Å². The summed E-state index contributed by atoms with van der Waals surface area (Å²) < 4.78 is 1.80. The van der Waals surface area contributed by atoms with Crippen LogP contribution in [0.1, 0.15) is 11.4 Å². The number of hydrogen-bond donors (Lipinski definition) is 2. The fourth-order valence-corrected chi connectivity index (χ4v) is 1.19. The van der Waals surface area contributed by atoms with Crippen LogP contribution >= 0.6 is 0 Å². The second-order valence-corrected chi connectivity index (χ2v) is 3.05. The molecule has 0 bridgehead atoms. The van der Waals surface area contributed by atoms with Crippen LogP contribution in [-0.2, 0) is 13.5 Å². The van der Waals surface area contributed by atoms with Gasteiger partial charge in [-0.3, -0.25) is 4.68 Å². The van der Waals surface area contributed by atoms with Gasteiger partial charge in [0.1, 0.15) is 0 Å². The van der Waals surface area contributed by atoms with Gasteiger partial charge in [0.05, 0.1) is 12.3 Å². The number of aliphatic hydroxyl groups is 1. The molecule has 0 aliphatic rings. The molecule has 0 unspecified atom stereocenters.